The predicted octanol–water partition coefficient (Wildman–Crippen LogP) is 5.01. The van der Waals surface area contributed by atoms with Crippen LogP contribution in [0.25, 0.3) is 0 Å². The first-order valence-electron chi connectivity index (χ1n) is 14.0. The molecule has 9 nitrogen and oxygen atoms in total. The molecule has 1 saturated carbocycles. The summed E-state index contributed by atoms with van der Waals surface area (Å²) < 4.78 is 19.9. The van der Waals surface area contributed by atoms with E-state index < -0.39 is 41.7 Å². The van der Waals surface area contributed by atoms with Gasteiger partial charge in [-0.1, -0.05) is 39.0 Å². The van der Waals surface area contributed by atoms with Crippen molar-refractivity contribution in [3.63, 3.8) is 0 Å². The molecule has 1 fully saturated rings. The Morgan fingerprint density at radius 2 is 1.85 bits per heavy atom. The number of hydrogen-bond acceptors (Lipinski definition) is 7. The molecule has 2 unspecified atom stereocenters. The lowest BCUT2D eigenvalue weighted by molar-refractivity contribution is -0.148. The molecule has 0 aliphatic heterocycles. The van der Waals surface area contributed by atoms with Gasteiger partial charge in [0.2, 0.25) is 5.91 Å². The molecule has 2 N–H and O–H groups in total. The molecule has 2 amide bonds. The smallest absolute Gasteiger partial charge is 0.306 e. The van der Waals surface area contributed by atoms with E-state index in [9.17, 15) is 28.7 Å². The van der Waals surface area contributed by atoms with E-state index >= 15 is 0 Å². The fourth-order valence-electron chi connectivity index (χ4n) is 4.84. The predicted molar refractivity (Wildman–Crippen MR) is 153 cm³/mol. The number of carboxylic acids is 1. The molecule has 11 heteroatoms. The molecular formula is C30H40FN3O6S. The van der Waals surface area contributed by atoms with Gasteiger partial charge in [0.1, 0.15) is 16.5 Å². The van der Waals surface area contributed by atoms with E-state index in [2.05, 4.69) is 10.3 Å². The summed E-state index contributed by atoms with van der Waals surface area (Å²) in [6.45, 7) is 6.85. The number of nitrogens with one attached hydrogen (secondary N) is 1. The van der Waals surface area contributed by atoms with E-state index in [4.69, 9.17) is 4.74 Å². The van der Waals surface area contributed by atoms with Gasteiger partial charge < -0.3 is 20.1 Å². The number of benzene rings is 1. The van der Waals surface area contributed by atoms with Crippen molar-refractivity contribution >= 4 is 35.1 Å². The number of thiazole rings is 1. The van der Waals surface area contributed by atoms with E-state index in [0.29, 0.717) is 29.3 Å². The summed E-state index contributed by atoms with van der Waals surface area (Å²) in [6, 6.07) is 5.29. The molecule has 1 heterocycles. The summed E-state index contributed by atoms with van der Waals surface area (Å²) in [4.78, 5) is 55.7. The van der Waals surface area contributed by atoms with Crippen molar-refractivity contribution in [1.82, 2.24) is 15.2 Å². The molecule has 0 bridgehead atoms. The molecular weight excluding hydrogens is 549 g/mol. The second-order valence-electron chi connectivity index (χ2n) is 11.3. The van der Waals surface area contributed by atoms with Crippen molar-refractivity contribution in [3.8, 4) is 0 Å². The van der Waals surface area contributed by atoms with Crippen molar-refractivity contribution < 1.29 is 33.4 Å². The molecule has 1 aromatic heterocycles. The van der Waals surface area contributed by atoms with Gasteiger partial charge in [-0.25, -0.2) is 9.37 Å². The summed E-state index contributed by atoms with van der Waals surface area (Å²) in [5.74, 6) is -2.67. The summed E-state index contributed by atoms with van der Waals surface area (Å²) in [7, 11) is 1.77. The topological polar surface area (TPSA) is 126 Å². The number of nitrogens with zero attached hydrogens (tertiary/aromatic N) is 2. The largest absolute Gasteiger partial charge is 0.481 e. The standard InChI is InChI=1S/C30H40FN3O6S/c1-17(2)25(34(5)27(36)13-20-10-11-20)15-26(40-19(4)35)29-33-24(16-41-29)28(37)32-22(12-18(3)30(38)39)14-21-8-6-7-9-23(21)31/h6-9,16-18,20,22,25-26H,10-15H2,1-5H3,(H,32,37)(H,38,39)/t18-,22+,25?,26?/m0/s1. The van der Waals surface area contributed by atoms with Gasteiger partial charge in [0.25, 0.3) is 5.91 Å². The van der Waals surface area contributed by atoms with E-state index in [1.54, 1.807) is 35.5 Å². The number of ether oxygens (including phenoxy) is 1. The highest BCUT2D eigenvalue weighted by Gasteiger charge is 2.33. The normalized spacial score (nSPS) is 16.0. The van der Waals surface area contributed by atoms with E-state index in [1.807, 2.05) is 13.8 Å². The van der Waals surface area contributed by atoms with Gasteiger partial charge in [-0.05, 0) is 49.1 Å². The van der Waals surface area contributed by atoms with Crippen LogP contribution in [0, 0.1) is 23.6 Å². The molecule has 0 spiro atoms. The average Bonchev–Trinajstić information content (AvgIpc) is 3.57. The second kappa shape index (κ2) is 14.5. The first-order chi connectivity index (χ1) is 19.3. The molecule has 2 aromatic rings. The average molecular weight is 590 g/mol. The zero-order chi connectivity index (χ0) is 30.3. The van der Waals surface area contributed by atoms with Crippen molar-refractivity contribution in [1.29, 1.82) is 0 Å². The Hall–Kier alpha value is -3.34. The van der Waals surface area contributed by atoms with Crippen LogP contribution in [-0.4, -0.2) is 57.9 Å². The monoisotopic (exact) mass is 589 g/mol. The maximum absolute atomic E-state index is 14.3. The minimum absolute atomic E-state index is 0.0588. The number of halogens is 1. The maximum atomic E-state index is 14.3. The van der Waals surface area contributed by atoms with Crippen LogP contribution in [0.4, 0.5) is 4.39 Å². The van der Waals surface area contributed by atoms with Crippen LogP contribution in [0.3, 0.4) is 0 Å². The molecule has 224 valence electrons. The van der Waals surface area contributed by atoms with Gasteiger partial charge in [0.15, 0.2) is 6.10 Å². The van der Waals surface area contributed by atoms with Crippen molar-refractivity contribution in [3.05, 3.63) is 51.7 Å². The van der Waals surface area contributed by atoms with Crippen molar-refractivity contribution in [2.24, 2.45) is 17.8 Å². The maximum Gasteiger partial charge on any atom is 0.306 e. The highest BCUT2D eigenvalue weighted by molar-refractivity contribution is 7.09. The Balaban J connectivity index is 1.77. The van der Waals surface area contributed by atoms with Gasteiger partial charge >= 0.3 is 11.9 Å². The number of carbonyl (C=O) groups is 4. The van der Waals surface area contributed by atoms with E-state index in [0.717, 1.165) is 12.8 Å². The Bertz CT molecular complexity index is 1230. The molecule has 0 saturated heterocycles. The zero-order valence-electron chi connectivity index (χ0n) is 24.3. The number of hydrogen-bond donors (Lipinski definition) is 2. The number of aliphatic carboxylic acids is 1. The van der Waals surface area contributed by atoms with Gasteiger partial charge in [0, 0.05) is 44.3 Å². The quantitative estimate of drug-likeness (QED) is 0.280. The van der Waals surface area contributed by atoms with Crippen LogP contribution in [0.5, 0.6) is 0 Å². The number of carboxylic acid groups (broad SMARTS) is 1. The lowest BCUT2D eigenvalue weighted by Crippen LogP contribution is -2.42. The first-order valence-corrected chi connectivity index (χ1v) is 14.9. The Morgan fingerprint density at radius 1 is 1.17 bits per heavy atom. The first kappa shape index (κ1) is 32.2. The number of esters is 1. The minimum Gasteiger partial charge on any atom is -0.481 e. The second-order valence-corrected chi connectivity index (χ2v) is 12.2. The summed E-state index contributed by atoms with van der Waals surface area (Å²) in [6.07, 6.45) is 2.42. The lowest BCUT2D eigenvalue weighted by atomic mass is 9.95. The number of carbonyl (C=O) groups excluding carboxylic acids is 3. The van der Waals surface area contributed by atoms with Crippen LogP contribution in [0.2, 0.25) is 0 Å². The van der Waals surface area contributed by atoms with E-state index in [-0.39, 0.29) is 36.4 Å². The molecule has 4 atom stereocenters. The fraction of sp³-hybridized carbons (Fsp3) is 0.567. The van der Waals surface area contributed by atoms with Gasteiger partial charge in [-0.15, -0.1) is 11.3 Å². The number of amides is 2. The van der Waals surface area contributed by atoms with Crippen LogP contribution in [-0.2, 0) is 25.5 Å². The fourth-order valence-corrected chi connectivity index (χ4v) is 5.68. The van der Waals surface area contributed by atoms with Gasteiger partial charge in [-0.3, -0.25) is 19.2 Å². The molecule has 1 aliphatic rings. The summed E-state index contributed by atoms with van der Waals surface area (Å²) >= 11 is 1.17. The molecule has 1 aromatic carbocycles. The SMILES string of the molecule is CC(=O)OC(CC(C(C)C)N(C)C(=O)CC1CC1)c1nc(C(=O)N[C@@H](Cc2ccccc2F)C[C@H](C)C(=O)O)cs1. The van der Waals surface area contributed by atoms with Crippen LogP contribution >= 0.6 is 11.3 Å². The summed E-state index contributed by atoms with van der Waals surface area (Å²) in [5, 5.41) is 14.2. The Morgan fingerprint density at radius 3 is 2.44 bits per heavy atom. The third-order valence-corrected chi connectivity index (χ3v) is 8.37. The van der Waals surface area contributed by atoms with Crippen molar-refractivity contribution in [2.75, 3.05) is 7.05 Å². The third-order valence-electron chi connectivity index (χ3n) is 7.43. The Labute approximate surface area is 244 Å². The number of rotatable bonds is 15. The lowest BCUT2D eigenvalue weighted by Gasteiger charge is -2.33. The van der Waals surface area contributed by atoms with Gasteiger partial charge in [0.05, 0.1) is 5.92 Å². The Kier molecular flexibility index (Phi) is 11.4. The summed E-state index contributed by atoms with van der Waals surface area (Å²) in [5.41, 5.74) is 0.451. The third kappa shape index (κ3) is 9.62. The van der Waals surface area contributed by atoms with Crippen LogP contribution in [0.1, 0.15) is 87.0 Å². The zero-order valence-corrected chi connectivity index (χ0v) is 25.1. The molecule has 0 radical (unpaired) electrons. The van der Waals surface area contributed by atoms with E-state index in [1.165, 1.54) is 31.3 Å². The van der Waals surface area contributed by atoms with Crippen LogP contribution in [0.15, 0.2) is 29.6 Å². The minimum atomic E-state index is -1.02. The molecule has 1 aliphatic carbocycles. The molecule has 41 heavy (non-hydrogen) atoms. The molecule has 3 rings (SSSR count). The highest BCUT2D eigenvalue weighted by Crippen LogP contribution is 2.35. The van der Waals surface area contributed by atoms with Gasteiger partial charge in [-0.2, -0.15) is 0 Å². The van der Waals surface area contributed by atoms with Crippen molar-refractivity contribution in [2.45, 2.75) is 84.4 Å². The van der Waals surface area contributed by atoms with Crippen LogP contribution < -0.4 is 5.32 Å². The highest BCUT2D eigenvalue weighted by atomic mass is 32.1. The number of aromatic nitrogens is 1.